The average Bonchev–Trinajstić information content (AvgIpc) is 2.83. The minimum Gasteiger partial charge on any atom is -0.369 e. The van der Waals surface area contributed by atoms with Crippen molar-refractivity contribution in [1.82, 2.24) is 10.2 Å². The van der Waals surface area contributed by atoms with Crippen LogP contribution in [0.4, 0.5) is 18.9 Å². The molecule has 1 aromatic rings. The first-order valence-electron chi connectivity index (χ1n) is 5.36. The summed E-state index contributed by atoms with van der Waals surface area (Å²) in [6, 6.07) is 0. The van der Waals surface area contributed by atoms with Gasteiger partial charge in [-0.3, -0.25) is 4.79 Å². The molecule has 92 valence electrons. The summed E-state index contributed by atoms with van der Waals surface area (Å²) in [4.78, 5) is 12.9. The van der Waals surface area contributed by atoms with Crippen LogP contribution in [-0.2, 0) is 6.18 Å². The number of rotatable bonds is 1. The van der Waals surface area contributed by atoms with Crippen LogP contribution in [0.3, 0.4) is 0 Å². The van der Waals surface area contributed by atoms with Crippen LogP contribution in [0.2, 0.25) is 0 Å². The molecule has 3 rings (SSSR count). The normalized spacial score (nSPS) is 27.1. The molecule has 17 heavy (non-hydrogen) atoms. The second-order valence-electron chi connectivity index (χ2n) is 4.62. The molecule has 0 amide bonds. The lowest BCUT2D eigenvalue weighted by Gasteiger charge is -2.22. The monoisotopic (exact) mass is 245 g/mol. The van der Waals surface area contributed by atoms with E-state index in [0.717, 1.165) is 12.6 Å². The van der Waals surface area contributed by atoms with Crippen LogP contribution in [0.15, 0.2) is 11.0 Å². The van der Waals surface area contributed by atoms with Crippen LogP contribution in [-0.4, -0.2) is 23.3 Å². The lowest BCUT2D eigenvalue weighted by molar-refractivity contribution is -0.138. The molecule has 2 heterocycles. The molecule has 2 unspecified atom stereocenters. The Kier molecular flexibility index (Phi) is 2.02. The fourth-order valence-corrected chi connectivity index (χ4v) is 2.50. The maximum absolute atomic E-state index is 12.8. The summed E-state index contributed by atoms with van der Waals surface area (Å²) in [6.07, 6.45) is -2.46. The molecular weight excluding hydrogens is 235 g/mol. The topological polar surface area (TPSA) is 49.0 Å². The van der Waals surface area contributed by atoms with Crippen molar-refractivity contribution in [3.05, 3.63) is 22.1 Å². The van der Waals surface area contributed by atoms with Crippen molar-refractivity contribution in [3.63, 3.8) is 0 Å². The molecular formula is C10H10F3N3O. The second kappa shape index (κ2) is 3.24. The Labute approximate surface area is 94.4 Å². The fourth-order valence-electron chi connectivity index (χ4n) is 2.50. The third kappa shape index (κ3) is 1.69. The van der Waals surface area contributed by atoms with E-state index >= 15 is 0 Å². The van der Waals surface area contributed by atoms with Gasteiger partial charge in [0.15, 0.2) is 0 Å². The number of hydrogen-bond donors (Lipinski definition) is 1. The zero-order valence-electron chi connectivity index (χ0n) is 8.79. The second-order valence-corrected chi connectivity index (χ2v) is 4.62. The Morgan fingerprint density at radius 1 is 1.35 bits per heavy atom. The lowest BCUT2D eigenvalue weighted by Crippen LogP contribution is -2.31. The number of alkyl halides is 3. The summed E-state index contributed by atoms with van der Waals surface area (Å²) in [6.45, 7) is 1.19. The van der Waals surface area contributed by atoms with E-state index in [2.05, 4.69) is 5.10 Å². The van der Waals surface area contributed by atoms with Crippen LogP contribution in [0.25, 0.3) is 0 Å². The maximum atomic E-state index is 12.8. The standard InChI is InChI=1S/C10H10F3N3O/c11-10(12,13)8-7(2-14-15-9(8)17)16-3-5-1-6(5)4-16/h2,5-6H,1,3-4H2,(H,15,17). The molecule has 1 N–H and O–H groups in total. The number of H-pyrrole nitrogens is 1. The van der Waals surface area contributed by atoms with E-state index in [0.29, 0.717) is 24.9 Å². The summed E-state index contributed by atoms with van der Waals surface area (Å²) in [5, 5.41) is 5.30. The first-order valence-corrected chi connectivity index (χ1v) is 5.36. The van der Waals surface area contributed by atoms with Crippen molar-refractivity contribution in [3.8, 4) is 0 Å². The van der Waals surface area contributed by atoms with Gasteiger partial charge in [-0.1, -0.05) is 0 Å². The Morgan fingerprint density at radius 2 is 2.00 bits per heavy atom. The van der Waals surface area contributed by atoms with Crippen molar-refractivity contribution in [2.24, 2.45) is 11.8 Å². The molecule has 7 heteroatoms. The van der Waals surface area contributed by atoms with Crippen molar-refractivity contribution in [2.45, 2.75) is 12.6 Å². The molecule has 1 aliphatic heterocycles. The van der Waals surface area contributed by atoms with Crippen molar-refractivity contribution >= 4 is 5.69 Å². The number of piperidine rings is 1. The highest BCUT2D eigenvalue weighted by Gasteiger charge is 2.47. The van der Waals surface area contributed by atoms with E-state index in [9.17, 15) is 18.0 Å². The first-order chi connectivity index (χ1) is 7.97. The Hall–Kier alpha value is -1.53. The van der Waals surface area contributed by atoms with Gasteiger partial charge in [-0.2, -0.15) is 18.3 Å². The summed E-state index contributed by atoms with van der Waals surface area (Å²) < 4.78 is 38.4. The summed E-state index contributed by atoms with van der Waals surface area (Å²) in [5.41, 5.74) is -2.39. The smallest absolute Gasteiger partial charge is 0.369 e. The molecule has 0 aromatic carbocycles. The number of nitrogens with one attached hydrogen (secondary N) is 1. The number of fused-ring (bicyclic) bond motifs is 1. The van der Waals surface area contributed by atoms with Gasteiger partial charge >= 0.3 is 6.18 Å². The van der Waals surface area contributed by atoms with Gasteiger partial charge in [0.05, 0.1) is 11.9 Å². The number of anilines is 1. The third-order valence-corrected chi connectivity index (χ3v) is 3.44. The van der Waals surface area contributed by atoms with Gasteiger partial charge in [-0.05, 0) is 18.3 Å². The van der Waals surface area contributed by atoms with Gasteiger partial charge < -0.3 is 4.90 Å². The predicted molar refractivity (Wildman–Crippen MR) is 53.7 cm³/mol. The molecule has 1 saturated heterocycles. The van der Waals surface area contributed by atoms with Crippen LogP contribution >= 0.6 is 0 Å². The highest BCUT2D eigenvalue weighted by Crippen LogP contribution is 2.47. The van der Waals surface area contributed by atoms with Gasteiger partial charge in [-0.25, -0.2) is 5.10 Å². The molecule has 2 aliphatic rings. The molecule has 0 spiro atoms. The number of aromatic amines is 1. The Balaban J connectivity index is 2.04. The van der Waals surface area contributed by atoms with Gasteiger partial charge in [0.1, 0.15) is 5.56 Å². The number of aromatic nitrogens is 2. The molecule has 1 aromatic heterocycles. The van der Waals surface area contributed by atoms with E-state index in [1.54, 1.807) is 4.90 Å². The largest absolute Gasteiger partial charge is 0.423 e. The van der Waals surface area contributed by atoms with Crippen molar-refractivity contribution in [2.75, 3.05) is 18.0 Å². The molecule has 2 fully saturated rings. The molecule has 2 atom stereocenters. The van der Waals surface area contributed by atoms with E-state index in [4.69, 9.17) is 0 Å². The highest BCUT2D eigenvalue weighted by molar-refractivity contribution is 5.53. The summed E-state index contributed by atoms with van der Waals surface area (Å²) in [5.74, 6) is 0.991. The first kappa shape index (κ1) is 10.6. The minimum absolute atomic E-state index is 0.0894. The zero-order chi connectivity index (χ0) is 12.2. The molecule has 4 nitrogen and oxygen atoms in total. The Bertz CT molecular complexity index is 500. The molecule has 1 saturated carbocycles. The highest BCUT2D eigenvalue weighted by atomic mass is 19.4. The van der Waals surface area contributed by atoms with Crippen LogP contribution in [0.1, 0.15) is 12.0 Å². The van der Waals surface area contributed by atoms with E-state index in [-0.39, 0.29) is 5.69 Å². The fraction of sp³-hybridized carbons (Fsp3) is 0.600. The van der Waals surface area contributed by atoms with Gasteiger partial charge in [0.2, 0.25) is 0 Å². The van der Waals surface area contributed by atoms with Gasteiger partial charge in [0, 0.05) is 13.1 Å². The van der Waals surface area contributed by atoms with Gasteiger partial charge in [-0.15, -0.1) is 0 Å². The average molecular weight is 245 g/mol. The van der Waals surface area contributed by atoms with Crippen molar-refractivity contribution < 1.29 is 13.2 Å². The van der Waals surface area contributed by atoms with Crippen LogP contribution in [0.5, 0.6) is 0 Å². The zero-order valence-corrected chi connectivity index (χ0v) is 8.79. The van der Waals surface area contributed by atoms with E-state index in [1.165, 1.54) is 0 Å². The van der Waals surface area contributed by atoms with Gasteiger partial charge in [0.25, 0.3) is 5.56 Å². The quantitative estimate of drug-likeness (QED) is 0.810. The van der Waals surface area contributed by atoms with Crippen LogP contribution < -0.4 is 10.5 Å². The number of nitrogens with zero attached hydrogens (tertiary/aromatic N) is 2. The van der Waals surface area contributed by atoms with Crippen LogP contribution in [0, 0.1) is 11.8 Å². The molecule has 0 radical (unpaired) electrons. The summed E-state index contributed by atoms with van der Waals surface area (Å²) >= 11 is 0. The van der Waals surface area contributed by atoms with E-state index < -0.39 is 17.3 Å². The molecule has 0 bridgehead atoms. The number of hydrogen-bond acceptors (Lipinski definition) is 3. The van der Waals surface area contributed by atoms with Crippen molar-refractivity contribution in [1.29, 1.82) is 0 Å². The third-order valence-electron chi connectivity index (χ3n) is 3.44. The summed E-state index contributed by atoms with van der Waals surface area (Å²) in [7, 11) is 0. The Morgan fingerprint density at radius 3 is 2.59 bits per heavy atom. The SMILES string of the molecule is O=c1[nH]ncc(N2CC3CC3C2)c1C(F)(F)F. The number of halogens is 3. The predicted octanol–water partition coefficient (Wildman–Crippen LogP) is 1.24. The van der Waals surface area contributed by atoms with E-state index in [1.807, 2.05) is 5.10 Å². The molecule has 1 aliphatic carbocycles. The minimum atomic E-state index is -4.64. The maximum Gasteiger partial charge on any atom is 0.423 e. The lowest BCUT2D eigenvalue weighted by atomic mass is 10.2.